The SMILES string of the molecule is Cc1ccc(N2C(=O)c3cc4oc5ccccc5c5ccccc5oc4cc3C2=O)c(C)c1. The van der Waals surface area contributed by atoms with Gasteiger partial charge in [-0.2, -0.15) is 0 Å². The third-order valence-electron chi connectivity index (χ3n) is 6.05. The van der Waals surface area contributed by atoms with E-state index in [0.717, 1.165) is 21.9 Å². The van der Waals surface area contributed by atoms with Crippen molar-refractivity contribution in [3.63, 3.8) is 0 Å². The standard InChI is InChI=1S/C28H19NO4/c1-16-11-12-22(17(2)13-16)29-27(30)20-14-25-26(15-21(20)28(29)31)33-24-10-6-4-8-19(24)18-7-3-5-9-23(18)32-25/h3-15H,1-2H3. The maximum atomic E-state index is 13.3. The maximum absolute atomic E-state index is 13.3. The zero-order chi connectivity index (χ0) is 22.7. The van der Waals surface area contributed by atoms with Gasteiger partial charge in [-0.3, -0.25) is 9.59 Å². The highest BCUT2D eigenvalue weighted by molar-refractivity contribution is 6.35. The van der Waals surface area contributed by atoms with E-state index in [-0.39, 0.29) is 11.8 Å². The molecule has 1 aliphatic heterocycles. The van der Waals surface area contributed by atoms with Crippen LogP contribution in [0.4, 0.5) is 5.69 Å². The average molecular weight is 433 g/mol. The van der Waals surface area contributed by atoms with Crippen LogP contribution in [0.5, 0.6) is 0 Å². The minimum atomic E-state index is -0.371. The smallest absolute Gasteiger partial charge is 0.266 e. The first kappa shape index (κ1) is 19.3. The van der Waals surface area contributed by atoms with Crippen molar-refractivity contribution in [2.75, 3.05) is 4.90 Å². The monoisotopic (exact) mass is 433 g/mol. The van der Waals surface area contributed by atoms with Crippen LogP contribution in [0.15, 0.2) is 87.7 Å². The number of benzene rings is 4. The van der Waals surface area contributed by atoms with E-state index in [1.807, 2.05) is 80.6 Å². The van der Waals surface area contributed by atoms with E-state index in [2.05, 4.69) is 0 Å². The summed E-state index contributed by atoms with van der Waals surface area (Å²) in [5, 5.41) is 1.78. The fraction of sp³-hybridized carbons (Fsp3) is 0.0714. The van der Waals surface area contributed by atoms with Gasteiger partial charge in [0.1, 0.15) is 11.2 Å². The first-order valence-corrected chi connectivity index (χ1v) is 10.7. The van der Waals surface area contributed by atoms with Gasteiger partial charge >= 0.3 is 0 Å². The van der Waals surface area contributed by atoms with Crippen molar-refractivity contribution in [3.8, 4) is 0 Å². The van der Waals surface area contributed by atoms with Gasteiger partial charge in [-0.1, -0.05) is 54.1 Å². The summed E-state index contributed by atoms with van der Waals surface area (Å²) in [6.07, 6.45) is 0. The molecule has 0 radical (unpaired) electrons. The van der Waals surface area contributed by atoms with E-state index in [9.17, 15) is 9.59 Å². The molecule has 0 bridgehead atoms. The van der Waals surface area contributed by atoms with Gasteiger partial charge in [0, 0.05) is 10.8 Å². The molecule has 0 N–H and O–H groups in total. The van der Waals surface area contributed by atoms with Crippen LogP contribution < -0.4 is 4.90 Å². The number of carbonyl (C=O) groups excluding carboxylic acids is 2. The number of nitrogens with zero attached hydrogens (tertiary/aromatic N) is 1. The number of carbonyl (C=O) groups is 2. The fourth-order valence-corrected chi connectivity index (χ4v) is 4.47. The molecule has 5 nitrogen and oxygen atoms in total. The molecular weight excluding hydrogens is 414 g/mol. The molecule has 6 rings (SSSR count). The maximum Gasteiger partial charge on any atom is 0.266 e. The Balaban J connectivity index is 1.65. The Labute approximate surface area is 189 Å². The van der Waals surface area contributed by atoms with Gasteiger partial charge in [-0.15, -0.1) is 0 Å². The second-order valence-electron chi connectivity index (χ2n) is 8.28. The Morgan fingerprint density at radius 3 is 1.64 bits per heavy atom. The van der Waals surface area contributed by atoms with Gasteiger partial charge in [0.25, 0.3) is 11.8 Å². The molecule has 0 aliphatic carbocycles. The normalized spacial score (nSPS) is 13.2. The van der Waals surface area contributed by atoms with Crippen LogP contribution in [-0.2, 0) is 0 Å². The molecule has 0 saturated heterocycles. The highest BCUT2D eigenvalue weighted by Gasteiger charge is 2.38. The second kappa shape index (κ2) is 7.07. The van der Waals surface area contributed by atoms with Crippen molar-refractivity contribution in [3.05, 3.63) is 101 Å². The van der Waals surface area contributed by atoms with E-state index in [0.29, 0.717) is 39.1 Å². The van der Waals surface area contributed by atoms with Gasteiger partial charge in [0.05, 0.1) is 16.8 Å². The fourth-order valence-electron chi connectivity index (χ4n) is 4.47. The molecule has 4 aromatic carbocycles. The number of hydrogen-bond donors (Lipinski definition) is 0. The number of anilines is 1. The third-order valence-corrected chi connectivity index (χ3v) is 6.05. The Hall–Kier alpha value is -4.38. The molecule has 5 heteroatoms. The van der Waals surface area contributed by atoms with Crippen LogP contribution in [0.3, 0.4) is 0 Å². The number of para-hydroxylation sites is 2. The first-order chi connectivity index (χ1) is 16.0. The lowest BCUT2D eigenvalue weighted by atomic mass is 10.1. The molecule has 0 fully saturated rings. The summed E-state index contributed by atoms with van der Waals surface area (Å²) in [6.45, 7) is 3.87. The molecule has 0 spiro atoms. The summed E-state index contributed by atoms with van der Waals surface area (Å²) in [6, 6.07) is 24.2. The number of hydrogen-bond acceptors (Lipinski definition) is 4. The van der Waals surface area contributed by atoms with E-state index in [1.165, 1.54) is 4.90 Å². The molecule has 1 aromatic heterocycles. The topological polar surface area (TPSA) is 63.7 Å². The van der Waals surface area contributed by atoms with Crippen molar-refractivity contribution < 1.29 is 18.4 Å². The van der Waals surface area contributed by atoms with Crippen molar-refractivity contribution >= 4 is 50.6 Å². The molecule has 160 valence electrons. The summed E-state index contributed by atoms with van der Waals surface area (Å²) in [5.74, 6) is -0.742. The highest BCUT2D eigenvalue weighted by atomic mass is 16.4. The van der Waals surface area contributed by atoms with Crippen molar-refractivity contribution in [1.82, 2.24) is 0 Å². The summed E-state index contributed by atoms with van der Waals surface area (Å²) >= 11 is 0. The van der Waals surface area contributed by atoms with Crippen LogP contribution >= 0.6 is 0 Å². The zero-order valence-electron chi connectivity index (χ0n) is 18.1. The lowest BCUT2D eigenvalue weighted by molar-refractivity contribution is 0.0926. The Bertz CT molecular complexity index is 1590. The van der Waals surface area contributed by atoms with Gasteiger partial charge in [-0.25, -0.2) is 4.90 Å². The highest BCUT2D eigenvalue weighted by Crippen LogP contribution is 2.35. The lowest BCUT2D eigenvalue weighted by Crippen LogP contribution is -2.30. The van der Waals surface area contributed by atoms with E-state index >= 15 is 0 Å². The average Bonchev–Trinajstić information content (AvgIpc) is 3.03. The quantitative estimate of drug-likeness (QED) is 0.271. The van der Waals surface area contributed by atoms with Crippen molar-refractivity contribution in [2.45, 2.75) is 13.8 Å². The van der Waals surface area contributed by atoms with Crippen molar-refractivity contribution in [2.24, 2.45) is 0 Å². The summed E-state index contributed by atoms with van der Waals surface area (Å²) in [5.41, 5.74) is 5.18. The molecule has 33 heavy (non-hydrogen) atoms. The molecule has 0 unspecified atom stereocenters. The van der Waals surface area contributed by atoms with E-state index in [4.69, 9.17) is 8.83 Å². The summed E-state index contributed by atoms with van der Waals surface area (Å²) < 4.78 is 12.4. The number of amides is 2. The molecule has 0 saturated carbocycles. The number of aryl methyl sites for hydroxylation is 2. The van der Waals surface area contributed by atoms with E-state index in [1.54, 1.807) is 12.1 Å². The largest absolute Gasteiger partial charge is 0.453 e. The molecule has 2 heterocycles. The molecule has 2 amide bonds. The number of fused-ring (bicyclic) bond motifs is 5. The zero-order valence-corrected chi connectivity index (χ0v) is 18.1. The number of imide groups is 1. The van der Waals surface area contributed by atoms with Gasteiger partial charge in [0.2, 0.25) is 0 Å². The van der Waals surface area contributed by atoms with Crippen molar-refractivity contribution in [1.29, 1.82) is 0 Å². The second-order valence-corrected chi connectivity index (χ2v) is 8.28. The third kappa shape index (κ3) is 2.93. The molecule has 5 aromatic rings. The van der Waals surface area contributed by atoms with Crippen LogP contribution in [0.25, 0.3) is 33.1 Å². The predicted octanol–water partition coefficient (Wildman–Crippen LogP) is 6.87. The minimum absolute atomic E-state index is 0.300. The summed E-state index contributed by atoms with van der Waals surface area (Å²) in [4.78, 5) is 27.9. The summed E-state index contributed by atoms with van der Waals surface area (Å²) in [7, 11) is 0. The van der Waals surface area contributed by atoms with Crippen LogP contribution in [-0.4, -0.2) is 11.8 Å². The predicted molar refractivity (Wildman–Crippen MR) is 128 cm³/mol. The minimum Gasteiger partial charge on any atom is -0.453 e. The van der Waals surface area contributed by atoms with Crippen LogP contribution in [0.1, 0.15) is 31.8 Å². The van der Waals surface area contributed by atoms with Gasteiger partial charge in [-0.05, 0) is 49.7 Å². The number of rotatable bonds is 1. The Morgan fingerprint density at radius 1 is 0.606 bits per heavy atom. The Kier molecular flexibility index (Phi) is 4.14. The van der Waals surface area contributed by atoms with Gasteiger partial charge < -0.3 is 8.83 Å². The van der Waals surface area contributed by atoms with E-state index < -0.39 is 0 Å². The molecule has 0 atom stereocenters. The van der Waals surface area contributed by atoms with Gasteiger partial charge in [0.15, 0.2) is 11.2 Å². The first-order valence-electron chi connectivity index (χ1n) is 10.7. The molecule has 1 aliphatic rings. The Morgan fingerprint density at radius 2 is 1.12 bits per heavy atom. The van der Waals surface area contributed by atoms with Crippen LogP contribution in [0, 0.1) is 13.8 Å². The van der Waals surface area contributed by atoms with Crippen LogP contribution in [0.2, 0.25) is 0 Å². The molecular formula is C28H19NO4. The lowest BCUT2D eigenvalue weighted by Gasteiger charge is -2.16.